The average molecular weight is 362 g/mol. The molecule has 136 valence electrons. The SMILES string of the molecule is CC(C)(C)[S+]([O-])N=C1CC2CCC(C1)N2C(=O)OCc1ccccc1. The maximum Gasteiger partial charge on any atom is 0.410 e. The van der Waals surface area contributed by atoms with Gasteiger partial charge in [-0.05, 0) is 39.2 Å². The van der Waals surface area contributed by atoms with Crippen molar-refractivity contribution in [2.75, 3.05) is 0 Å². The van der Waals surface area contributed by atoms with Gasteiger partial charge in [0.2, 0.25) is 0 Å². The number of benzene rings is 1. The number of amides is 1. The Morgan fingerprint density at radius 3 is 2.40 bits per heavy atom. The molecule has 0 N–H and O–H groups in total. The monoisotopic (exact) mass is 362 g/mol. The fraction of sp³-hybridized carbons (Fsp3) is 0.579. The van der Waals surface area contributed by atoms with Gasteiger partial charge >= 0.3 is 6.09 Å². The fourth-order valence-electron chi connectivity index (χ4n) is 3.41. The lowest BCUT2D eigenvalue weighted by Gasteiger charge is -2.34. The number of piperidine rings is 1. The fourth-order valence-corrected chi connectivity index (χ4v) is 4.07. The molecule has 5 nitrogen and oxygen atoms in total. The van der Waals surface area contributed by atoms with Gasteiger partial charge in [-0.15, -0.1) is 0 Å². The first-order valence-corrected chi connectivity index (χ1v) is 9.92. The van der Waals surface area contributed by atoms with Crippen LogP contribution in [0.25, 0.3) is 0 Å². The van der Waals surface area contributed by atoms with Crippen molar-refractivity contribution in [3.05, 3.63) is 35.9 Å². The Kier molecular flexibility index (Phi) is 5.39. The minimum Gasteiger partial charge on any atom is -0.591 e. The van der Waals surface area contributed by atoms with Gasteiger partial charge in [-0.25, -0.2) is 4.79 Å². The molecule has 0 aromatic heterocycles. The minimum atomic E-state index is -1.23. The summed E-state index contributed by atoms with van der Waals surface area (Å²) in [6.07, 6.45) is 3.10. The van der Waals surface area contributed by atoms with E-state index in [4.69, 9.17) is 4.74 Å². The topological polar surface area (TPSA) is 65.0 Å². The van der Waals surface area contributed by atoms with Crippen molar-refractivity contribution in [1.29, 1.82) is 0 Å². The van der Waals surface area contributed by atoms with Crippen molar-refractivity contribution in [3.8, 4) is 0 Å². The van der Waals surface area contributed by atoms with Gasteiger partial charge in [0.25, 0.3) is 0 Å². The number of hydrogen-bond acceptors (Lipinski definition) is 4. The van der Waals surface area contributed by atoms with Gasteiger partial charge in [0, 0.05) is 24.9 Å². The maximum absolute atomic E-state index is 12.5. The average Bonchev–Trinajstić information content (AvgIpc) is 2.84. The second-order valence-corrected chi connectivity index (χ2v) is 9.67. The lowest BCUT2D eigenvalue weighted by atomic mass is 10.0. The van der Waals surface area contributed by atoms with Crippen molar-refractivity contribution in [2.45, 2.75) is 69.9 Å². The summed E-state index contributed by atoms with van der Waals surface area (Å²) in [7, 11) is 0. The first-order valence-electron chi connectivity index (χ1n) is 8.82. The van der Waals surface area contributed by atoms with E-state index in [2.05, 4.69) is 4.40 Å². The lowest BCUT2D eigenvalue weighted by Crippen LogP contribution is -2.47. The summed E-state index contributed by atoms with van der Waals surface area (Å²) in [6, 6.07) is 9.96. The van der Waals surface area contributed by atoms with Crippen molar-refractivity contribution in [3.63, 3.8) is 0 Å². The zero-order valence-electron chi connectivity index (χ0n) is 15.1. The maximum atomic E-state index is 12.5. The summed E-state index contributed by atoms with van der Waals surface area (Å²) in [4.78, 5) is 14.4. The molecule has 0 aliphatic carbocycles. The molecule has 3 atom stereocenters. The number of fused-ring (bicyclic) bond motifs is 2. The molecule has 0 saturated carbocycles. The van der Waals surface area contributed by atoms with Crippen LogP contribution in [-0.4, -0.2) is 38.1 Å². The van der Waals surface area contributed by atoms with Crippen LogP contribution in [0.4, 0.5) is 4.79 Å². The number of rotatable bonds is 3. The molecule has 3 rings (SSSR count). The van der Waals surface area contributed by atoms with Crippen LogP contribution in [0.2, 0.25) is 0 Å². The van der Waals surface area contributed by atoms with Gasteiger partial charge in [0.15, 0.2) is 0 Å². The molecule has 2 bridgehead atoms. The predicted molar refractivity (Wildman–Crippen MR) is 99.8 cm³/mol. The first-order chi connectivity index (χ1) is 11.8. The Hall–Kier alpha value is -1.53. The normalized spacial score (nSPS) is 24.2. The van der Waals surface area contributed by atoms with Crippen LogP contribution in [0.15, 0.2) is 34.7 Å². The number of nitrogens with zero attached hydrogens (tertiary/aromatic N) is 2. The molecule has 2 heterocycles. The summed E-state index contributed by atoms with van der Waals surface area (Å²) < 4.78 is 21.9. The highest BCUT2D eigenvalue weighted by atomic mass is 32.2. The Labute approximate surface area is 152 Å². The quantitative estimate of drug-likeness (QED) is 0.767. The van der Waals surface area contributed by atoms with Gasteiger partial charge in [0.05, 0.1) is 5.71 Å². The second kappa shape index (κ2) is 7.38. The van der Waals surface area contributed by atoms with E-state index in [1.807, 2.05) is 56.0 Å². The third-order valence-electron chi connectivity index (χ3n) is 4.71. The summed E-state index contributed by atoms with van der Waals surface area (Å²) in [6.45, 7) is 6.08. The predicted octanol–water partition coefficient (Wildman–Crippen LogP) is 3.85. The molecule has 2 aliphatic rings. The van der Waals surface area contributed by atoms with Crippen molar-refractivity contribution < 1.29 is 14.1 Å². The van der Waals surface area contributed by atoms with Gasteiger partial charge < -0.3 is 14.2 Å². The van der Waals surface area contributed by atoms with Crippen LogP contribution < -0.4 is 0 Å². The number of carbonyl (C=O) groups excluding carboxylic acids is 1. The van der Waals surface area contributed by atoms with Crippen LogP contribution >= 0.6 is 0 Å². The smallest absolute Gasteiger partial charge is 0.410 e. The molecule has 25 heavy (non-hydrogen) atoms. The highest BCUT2D eigenvalue weighted by molar-refractivity contribution is 7.91. The van der Waals surface area contributed by atoms with E-state index in [0.717, 1.165) is 24.1 Å². The number of ether oxygens (including phenoxy) is 1. The van der Waals surface area contributed by atoms with Gasteiger partial charge in [-0.2, -0.15) is 0 Å². The third-order valence-corrected chi connectivity index (χ3v) is 6.19. The molecule has 2 aliphatic heterocycles. The van der Waals surface area contributed by atoms with E-state index in [0.29, 0.717) is 19.4 Å². The minimum absolute atomic E-state index is 0.123. The Morgan fingerprint density at radius 2 is 1.84 bits per heavy atom. The highest BCUT2D eigenvalue weighted by Crippen LogP contribution is 2.36. The van der Waals surface area contributed by atoms with Gasteiger partial charge in [0.1, 0.15) is 22.7 Å². The van der Waals surface area contributed by atoms with E-state index in [-0.39, 0.29) is 22.9 Å². The largest absolute Gasteiger partial charge is 0.591 e. The lowest BCUT2D eigenvalue weighted by molar-refractivity contribution is 0.0766. The molecule has 2 saturated heterocycles. The van der Waals surface area contributed by atoms with E-state index in [1.54, 1.807) is 0 Å². The van der Waals surface area contributed by atoms with Crippen LogP contribution in [-0.2, 0) is 22.7 Å². The van der Waals surface area contributed by atoms with Gasteiger partial charge in [-0.1, -0.05) is 34.7 Å². The summed E-state index contributed by atoms with van der Waals surface area (Å²) in [5, 5.41) is 0. The van der Waals surface area contributed by atoms with E-state index in [9.17, 15) is 9.35 Å². The van der Waals surface area contributed by atoms with Crippen LogP contribution in [0.5, 0.6) is 0 Å². The molecular weight excluding hydrogens is 336 g/mol. The van der Waals surface area contributed by atoms with E-state index in [1.165, 1.54) is 0 Å². The highest BCUT2D eigenvalue weighted by Gasteiger charge is 2.44. The standard InChI is InChI=1S/C19H26N2O3S/c1-19(2,3)25(23)20-15-11-16-9-10-17(12-15)21(16)18(22)24-13-14-7-5-4-6-8-14/h4-8,16-17H,9-13H2,1-3H3. The van der Waals surface area contributed by atoms with E-state index >= 15 is 0 Å². The zero-order valence-corrected chi connectivity index (χ0v) is 15.9. The van der Waals surface area contributed by atoms with Crippen molar-refractivity contribution in [2.24, 2.45) is 4.40 Å². The Balaban J connectivity index is 1.61. The number of hydrogen-bond donors (Lipinski definition) is 0. The van der Waals surface area contributed by atoms with Crippen LogP contribution in [0.3, 0.4) is 0 Å². The number of carbonyl (C=O) groups is 1. The van der Waals surface area contributed by atoms with Gasteiger partial charge in [-0.3, -0.25) is 0 Å². The molecule has 1 amide bonds. The Bertz CT molecular complexity index is 626. The van der Waals surface area contributed by atoms with E-state index < -0.39 is 11.4 Å². The summed E-state index contributed by atoms with van der Waals surface area (Å²) in [5.74, 6) is 0. The van der Waals surface area contributed by atoms with Crippen molar-refractivity contribution in [1.82, 2.24) is 4.90 Å². The molecular formula is C19H26N2O3S. The van der Waals surface area contributed by atoms with Crippen molar-refractivity contribution >= 4 is 23.2 Å². The summed E-state index contributed by atoms with van der Waals surface area (Å²) in [5.41, 5.74) is 1.97. The Morgan fingerprint density at radius 1 is 1.24 bits per heavy atom. The van der Waals surface area contributed by atoms with Crippen LogP contribution in [0, 0.1) is 0 Å². The van der Waals surface area contributed by atoms with Crippen LogP contribution in [0.1, 0.15) is 52.0 Å². The first kappa shape index (κ1) is 18.3. The molecule has 2 fully saturated rings. The molecule has 1 aromatic carbocycles. The molecule has 0 spiro atoms. The third kappa shape index (κ3) is 4.36. The molecule has 0 radical (unpaired) electrons. The molecule has 6 heteroatoms. The summed E-state index contributed by atoms with van der Waals surface area (Å²) >= 11 is -1.23. The zero-order chi connectivity index (χ0) is 18.0. The molecule has 1 aromatic rings. The molecule has 3 unspecified atom stereocenters. The second-order valence-electron chi connectivity index (χ2n) is 7.76.